The van der Waals surface area contributed by atoms with Gasteiger partial charge in [-0.1, -0.05) is 32.7 Å². The summed E-state index contributed by atoms with van der Waals surface area (Å²) in [6, 6.07) is 12.3. The van der Waals surface area contributed by atoms with E-state index in [2.05, 4.69) is 26.1 Å². The van der Waals surface area contributed by atoms with E-state index in [4.69, 9.17) is 16.1 Å². The molecule has 3 rings (SSSR count). The van der Waals surface area contributed by atoms with Crippen LogP contribution in [0.3, 0.4) is 0 Å². The Morgan fingerprint density at radius 1 is 1.05 bits per heavy atom. The highest BCUT2D eigenvalue weighted by molar-refractivity contribution is 9.10. The molecule has 0 aliphatic carbocycles. The zero-order chi connectivity index (χ0) is 14.1. The summed E-state index contributed by atoms with van der Waals surface area (Å²) in [5.74, 6) is 0.865. The SMILES string of the molecule is Oc1ccc(-c2nc(-c3ccc(Br)cc3)no2)cc1Cl. The third-order valence-corrected chi connectivity index (χ3v) is 3.55. The van der Waals surface area contributed by atoms with E-state index >= 15 is 0 Å². The van der Waals surface area contributed by atoms with Gasteiger partial charge in [0.2, 0.25) is 5.82 Å². The predicted octanol–water partition coefficient (Wildman–Crippen LogP) is 4.53. The number of nitrogens with zero attached hydrogens (tertiary/aromatic N) is 2. The monoisotopic (exact) mass is 350 g/mol. The molecule has 0 bridgehead atoms. The van der Waals surface area contributed by atoms with Crippen molar-refractivity contribution < 1.29 is 9.63 Å². The summed E-state index contributed by atoms with van der Waals surface area (Å²) in [6.45, 7) is 0. The maximum atomic E-state index is 9.40. The Morgan fingerprint density at radius 2 is 1.75 bits per heavy atom. The number of hydrogen-bond acceptors (Lipinski definition) is 4. The van der Waals surface area contributed by atoms with Gasteiger partial charge in [-0.15, -0.1) is 0 Å². The zero-order valence-electron chi connectivity index (χ0n) is 10.0. The maximum absolute atomic E-state index is 9.40. The first-order chi connectivity index (χ1) is 9.63. The van der Waals surface area contributed by atoms with Gasteiger partial charge in [-0.3, -0.25) is 0 Å². The van der Waals surface area contributed by atoms with Gasteiger partial charge in [0.1, 0.15) is 5.75 Å². The molecule has 4 nitrogen and oxygen atoms in total. The highest BCUT2D eigenvalue weighted by Gasteiger charge is 2.11. The number of benzene rings is 2. The van der Waals surface area contributed by atoms with Gasteiger partial charge in [0, 0.05) is 15.6 Å². The second kappa shape index (κ2) is 5.26. The summed E-state index contributed by atoms with van der Waals surface area (Å²) in [5, 5.41) is 13.6. The highest BCUT2D eigenvalue weighted by Crippen LogP contribution is 2.29. The molecule has 0 saturated heterocycles. The van der Waals surface area contributed by atoms with Crippen molar-refractivity contribution in [1.82, 2.24) is 10.1 Å². The molecular weight excluding hydrogens is 344 g/mol. The van der Waals surface area contributed by atoms with E-state index in [9.17, 15) is 5.11 Å². The molecule has 0 radical (unpaired) electrons. The number of phenols is 1. The molecule has 0 amide bonds. The minimum Gasteiger partial charge on any atom is -0.506 e. The molecule has 0 atom stereocenters. The van der Waals surface area contributed by atoms with Crippen LogP contribution in [0.2, 0.25) is 5.02 Å². The average Bonchev–Trinajstić information content (AvgIpc) is 2.92. The Hall–Kier alpha value is -1.85. The lowest BCUT2D eigenvalue weighted by molar-refractivity contribution is 0.432. The Kier molecular flexibility index (Phi) is 3.46. The van der Waals surface area contributed by atoms with Crippen molar-refractivity contribution in [2.75, 3.05) is 0 Å². The molecule has 1 heterocycles. The third-order valence-electron chi connectivity index (χ3n) is 2.72. The summed E-state index contributed by atoms with van der Waals surface area (Å²) in [4.78, 5) is 4.32. The van der Waals surface area contributed by atoms with Crippen LogP contribution in [-0.4, -0.2) is 15.2 Å². The quantitative estimate of drug-likeness (QED) is 0.737. The summed E-state index contributed by atoms with van der Waals surface area (Å²) >= 11 is 9.23. The van der Waals surface area contributed by atoms with Crippen molar-refractivity contribution in [1.29, 1.82) is 0 Å². The van der Waals surface area contributed by atoms with Crippen LogP contribution in [0, 0.1) is 0 Å². The number of phenolic OH excluding ortho intramolecular Hbond substituents is 1. The number of rotatable bonds is 2. The number of halogens is 2. The van der Waals surface area contributed by atoms with E-state index < -0.39 is 0 Å². The van der Waals surface area contributed by atoms with Crippen LogP contribution in [0.5, 0.6) is 5.75 Å². The third kappa shape index (κ3) is 2.55. The van der Waals surface area contributed by atoms with Crippen LogP contribution in [0.25, 0.3) is 22.8 Å². The Labute approximate surface area is 128 Å². The first-order valence-corrected chi connectivity index (χ1v) is 6.89. The minimum atomic E-state index is 0.0167. The van der Waals surface area contributed by atoms with Crippen molar-refractivity contribution in [2.24, 2.45) is 0 Å². The molecule has 0 aliphatic rings. The van der Waals surface area contributed by atoms with Crippen molar-refractivity contribution in [3.63, 3.8) is 0 Å². The van der Waals surface area contributed by atoms with E-state index in [1.54, 1.807) is 12.1 Å². The van der Waals surface area contributed by atoms with Crippen LogP contribution in [0.15, 0.2) is 51.5 Å². The molecular formula is C14H8BrClN2O2. The highest BCUT2D eigenvalue weighted by atomic mass is 79.9. The van der Waals surface area contributed by atoms with Crippen LogP contribution >= 0.6 is 27.5 Å². The van der Waals surface area contributed by atoms with Gasteiger partial charge in [-0.25, -0.2) is 0 Å². The Morgan fingerprint density at radius 3 is 2.45 bits per heavy atom. The number of aromatic hydroxyl groups is 1. The fraction of sp³-hybridized carbons (Fsp3) is 0. The van der Waals surface area contributed by atoms with Gasteiger partial charge >= 0.3 is 0 Å². The van der Waals surface area contributed by atoms with Crippen LogP contribution in [-0.2, 0) is 0 Å². The van der Waals surface area contributed by atoms with Crippen LogP contribution in [0.4, 0.5) is 0 Å². The predicted molar refractivity (Wildman–Crippen MR) is 79.5 cm³/mol. The van der Waals surface area contributed by atoms with Crippen molar-refractivity contribution in [3.8, 4) is 28.6 Å². The van der Waals surface area contributed by atoms with E-state index in [0.717, 1.165) is 10.0 Å². The molecule has 0 saturated carbocycles. The normalized spacial score (nSPS) is 10.7. The molecule has 0 fully saturated rings. The second-order valence-electron chi connectivity index (χ2n) is 4.10. The lowest BCUT2D eigenvalue weighted by Gasteiger charge is -1.97. The van der Waals surface area contributed by atoms with E-state index in [0.29, 0.717) is 17.3 Å². The molecule has 1 N–H and O–H groups in total. The fourth-order valence-corrected chi connectivity index (χ4v) is 2.14. The van der Waals surface area contributed by atoms with E-state index in [1.807, 2.05) is 24.3 Å². The van der Waals surface area contributed by atoms with Gasteiger partial charge in [0.05, 0.1) is 5.02 Å². The molecule has 6 heteroatoms. The summed E-state index contributed by atoms with van der Waals surface area (Å²) in [6.07, 6.45) is 0. The molecule has 2 aromatic carbocycles. The largest absolute Gasteiger partial charge is 0.506 e. The summed E-state index contributed by atoms with van der Waals surface area (Å²) < 4.78 is 6.20. The van der Waals surface area contributed by atoms with Gasteiger partial charge in [0.25, 0.3) is 5.89 Å². The first kappa shape index (κ1) is 13.1. The topological polar surface area (TPSA) is 59.2 Å². The molecule has 0 spiro atoms. The summed E-state index contributed by atoms with van der Waals surface area (Å²) in [5.41, 5.74) is 1.51. The molecule has 3 aromatic rings. The molecule has 20 heavy (non-hydrogen) atoms. The fourth-order valence-electron chi connectivity index (χ4n) is 1.70. The maximum Gasteiger partial charge on any atom is 0.258 e. The Bertz CT molecular complexity index is 756. The van der Waals surface area contributed by atoms with Crippen LogP contribution in [0.1, 0.15) is 0 Å². The zero-order valence-corrected chi connectivity index (χ0v) is 12.4. The first-order valence-electron chi connectivity index (χ1n) is 5.72. The number of aromatic nitrogens is 2. The van der Waals surface area contributed by atoms with Crippen molar-refractivity contribution in [2.45, 2.75) is 0 Å². The lowest BCUT2D eigenvalue weighted by atomic mass is 10.2. The number of hydrogen-bond donors (Lipinski definition) is 1. The van der Waals surface area contributed by atoms with Gasteiger partial charge in [-0.05, 0) is 42.5 Å². The lowest BCUT2D eigenvalue weighted by Crippen LogP contribution is -1.81. The molecule has 0 aliphatic heterocycles. The van der Waals surface area contributed by atoms with Gasteiger partial charge in [0.15, 0.2) is 0 Å². The standard InChI is InChI=1S/C14H8BrClN2O2/c15-10-4-1-8(2-5-10)13-17-14(20-18-13)9-3-6-12(19)11(16)7-9/h1-7,19H. The van der Waals surface area contributed by atoms with Gasteiger partial charge < -0.3 is 9.63 Å². The van der Waals surface area contributed by atoms with E-state index in [-0.39, 0.29) is 10.8 Å². The van der Waals surface area contributed by atoms with Crippen molar-refractivity contribution >= 4 is 27.5 Å². The molecule has 1 aromatic heterocycles. The van der Waals surface area contributed by atoms with Crippen LogP contribution < -0.4 is 0 Å². The molecule has 0 unspecified atom stereocenters. The Balaban J connectivity index is 1.97. The second-order valence-corrected chi connectivity index (χ2v) is 5.42. The van der Waals surface area contributed by atoms with Gasteiger partial charge in [-0.2, -0.15) is 4.98 Å². The minimum absolute atomic E-state index is 0.0167. The molecule has 100 valence electrons. The smallest absolute Gasteiger partial charge is 0.258 e. The summed E-state index contributed by atoms with van der Waals surface area (Å²) in [7, 11) is 0. The van der Waals surface area contributed by atoms with E-state index in [1.165, 1.54) is 6.07 Å². The van der Waals surface area contributed by atoms with Crippen molar-refractivity contribution in [3.05, 3.63) is 52.0 Å². The average molecular weight is 352 g/mol.